The highest BCUT2D eigenvalue weighted by atomic mass is 16.6. The minimum Gasteiger partial charge on any atom is -0.480 e. The van der Waals surface area contributed by atoms with Crippen molar-refractivity contribution >= 4 is 11.9 Å². The van der Waals surface area contributed by atoms with Crippen molar-refractivity contribution in [2.75, 3.05) is 0 Å². The van der Waals surface area contributed by atoms with Crippen LogP contribution < -0.4 is 10.1 Å². The van der Waals surface area contributed by atoms with Crippen LogP contribution in [0.15, 0.2) is 46.9 Å². The van der Waals surface area contributed by atoms with Gasteiger partial charge in [-0.25, -0.2) is 4.79 Å². The minimum atomic E-state index is -1.07. The molecule has 2 atom stereocenters. The lowest BCUT2D eigenvalue weighted by Crippen LogP contribution is -2.44. The average Bonchev–Trinajstić information content (AvgIpc) is 3.01. The number of carbonyl (C=O) groups excluding carboxylic acids is 1. The van der Waals surface area contributed by atoms with Crippen molar-refractivity contribution in [3.8, 4) is 11.7 Å². The molecule has 1 heterocycles. The molecule has 1 amide bonds. The second-order valence-corrected chi connectivity index (χ2v) is 5.21. The zero-order valence-electron chi connectivity index (χ0n) is 13.0. The maximum absolute atomic E-state index is 12.1. The van der Waals surface area contributed by atoms with Gasteiger partial charge in [0.25, 0.3) is 11.9 Å². The van der Waals surface area contributed by atoms with E-state index in [9.17, 15) is 14.7 Å². The number of nitrogens with one attached hydrogen (secondary N) is 1. The van der Waals surface area contributed by atoms with Gasteiger partial charge in [-0.15, -0.1) is 0 Å². The standard InChI is InChI=1S/C17H19NO5/c1-3-11(2)15(17(20)21)18-16(19)13-9-10-14(23-13)22-12-7-5-4-6-8-12/h4-11,15H,3H2,1-2H3,(H,18,19)(H,20,21)/t11-,15-/m0/s1. The summed E-state index contributed by atoms with van der Waals surface area (Å²) in [5.74, 6) is -1.09. The summed E-state index contributed by atoms with van der Waals surface area (Å²) in [6, 6.07) is 11.0. The molecular weight excluding hydrogens is 298 g/mol. The SMILES string of the molecule is CC[C@H](C)[C@H](NC(=O)c1ccc(Oc2ccccc2)o1)C(=O)O. The molecule has 0 saturated heterocycles. The Hall–Kier alpha value is -2.76. The van der Waals surface area contributed by atoms with Gasteiger partial charge in [-0.1, -0.05) is 38.5 Å². The molecule has 1 aromatic heterocycles. The van der Waals surface area contributed by atoms with Crippen LogP contribution in [0.4, 0.5) is 0 Å². The van der Waals surface area contributed by atoms with Gasteiger partial charge in [-0.3, -0.25) is 4.79 Å². The average molecular weight is 317 g/mol. The second kappa shape index (κ2) is 7.49. The van der Waals surface area contributed by atoms with E-state index in [2.05, 4.69) is 5.32 Å². The fourth-order valence-corrected chi connectivity index (χ4v) is 2.00. The number of carboxylic acid groups (broad SMARTS) is 1. The van der Waals surface area contributed by atoms with Gasteiger partial charge in [0.1, 0.15) is 11.8 Å². The van der Waals surface area contributed by atoms with Crippen LogP contribution in [-0.4, -0.2) is 23.0 Å². The molecule has 2 rings (SSSR count). The summed E-state index contributed by atoms with van der Waals surface area (Å²) < 4.78 is 10.8. The fraction of sp³-hybridized carbons (Fsp3) is 0.294. The lowest BCUT2D eigenvalue weighted by molar-refractivity contribution is -0.140. The number of hydrogen-bond acceptors (Lipinski definition) is 4. The number of hydrogen-bond donors (Lipinski definition) is 2. The first-order chi connectivity index (χ1) is 11.0. The second-order valence-electron chi connectivity index (χ2n) is 5.21. The first-order valence-corrected chi connectivity index (χ1v) is 7.37. The van der Waals surface area contributed by atoms with Gasteiger partial charge in [-0.2, -0.15) is 0 Å². The zero-order valence-corrected chi connectivity index (χ0v) is 13.0. The van der Waals surface area contributed by atoms with E-state index in [0.717, 1.165) is 0 Å². The third-order valence-corrected chi connectivity index (χ3v) is 3.53. The molecule has 0 spiro atoms. The van der Waals surface area contributed by atoms with Gasteiger partial charge in [0.2, 0.25) is 0 Å². The summed E-state index contributed by atoms with van der Waals surface area (Å²) in [5, 5.41) is 11.7. The van der Waals surface area contributed by atoms with Gasteiger partial charge in [-0.05, 0) is 24.1 Å². The van der Waals surface area contributed by atoms with Crippen molar-refractivity contribution in [1.29, 1.82) is 0 Å². The predicted octanol–water partition coefficient (Wildman–Crippen LogP) is 3.30. The van der Waals surface area contributed by atoms with Gasteiger partial charge < -0.3 is 19.6 Å². The molecule has 23 heavy (non-hydrogen) atoms. The highest BCUT2D eigenvalue weighted by Crippen LogP contribution is 2.23. The Kier molecular flexibility index (Phi) is 5.41. The first kappa shape index (κ1) is 16.6. The third-order valence-electron chi connectivity index (χ3n) is 3.53. The molecule has 122 valence electrons. The quantitative estimate of drug-likeness (QED) is 0.818. The number of furan rings is 1. The first-order valence-electron chi connectivity index (χ1n) is 7.37. The van der Waals surface area contributed by atoms with Crippen LogP contribution >= 0.6 is 0 Å². The normalized spacial score (nSPS) is 13.1. The molecule has 6 heteroatoms. The van der Waals surface area contributed by atoms with Crippen molar-refractivity contribution in [2.24, 2.45) is 5.92 Å². The Morgan fingerprint density at radius 3 is 2.52 bits per heavy atom. The van der Waals surface area contributed by atoms with Gasteiger partial charge >= 0.3 is 5.97 Å². The Morgan fingerprint density at radius 2 is 1.91 bits per heavy atom. The van der Waals surface area contributed by atoms with Crippen LogP contribution in [0.3, 0.4) is 0 Å². The Labute approximate surface area is 134 Å². The van der Waals surface area contributed by atoms with Crippen LogP contribution in [-0.2, 0) is 4.79 Å². The van der Waals surface area contributed by atoms with Crippen molar-refractivity contribution in [3.05, 3.63) is 48.2 Å². The van der Waals surface area contributed by atoms with Gasteiger partial charge in [0.15, 0.2) is 5.76 Å². The van der Waals surface area contributed by atoms with E-state index in [1.165, 1.54) is 12.1 Å². The van der Waals surface area contributed by atoms with Crippen molar-refractivity contribution < 1.29 is 23.8 Å². The Bertz CT molecular complexity index is 665. The van der Waals surface area contributed by atoms with Crippen molar-refractivity contribution in [1.82, 2.24) is 5.32 Å². The van der Waals surface area contributed by atoms with E-state index in [4.69, 9.17) is 9.15 Å². The molecule has 0 aliphatic rings. The van der Waals surface area contributed by atoms with Crippen LogP contribution in [0.2, 0.25) is 0 Å². The van der Waals surface area contributed by atoms with E-state index in [0.29, 0.717) is 12.2 Å². The minimum absolute atomic E-state index is 0.00508. The number of carbonyl (C=O) groups is 2. The summed E-state index contributed by atoms with van der Waals surface area (Å²) in [6.07, 6.45) is 0.637. The summed E-state index contributed by atoms with van der Waals surface area (Å²) >= 11 is 0. The molecule has 2 N–H and O–H groups in total. The van der Waals surface area contributed by atoms with E-state index in [1.54, 1.807) is 19.1 Å². The zero-order chi connectivity index (χ0) is 16.8. The number of amides is 1. The number of para-hydroxylation sites is 1. The number of rotatable bonds is 7. The van der Waals surface area contributed by atoms with Gasteiger partial charge in [0, 0.05) is 6.07 Å². The highest BCUT2D eigenvalue weighted by molar-refractivity contribution is 5.94. The summed E-state index contributed by atoms with van der Waals surface area (Å²) in [7, 11) is 0. The van der Waals surface area contributed by atoms with Crippen molar-refractivity contribution in [3.63, 3.8) is 0 Å². The molecule has 0 bridgehead atoms. The Morgan fingerprint density at radius 1 is 1.22 bits per heavy atom. The number of carboxylic acids is 1. The monoisotopic (exact) mass is 317 g/mol. The fourth-order valence-electron chi connectivity index (χ4n) is 2.00. The molecule has 1 aromatic carbocycles. The maximum atomic E-state index is 12.1. The maximum Gasteiger partial charge on any atom is 0.326 e. The molecule has 2 aromatic rings. The summed E-state index contributed by atoms with van der Waals surface area (Å²) in [4.78, 5) is 23.4. The summed E-state index contributed by atoms with van der Waals surface area (Å²) in [6.45, 7) is 3.64. The lowest BCUT2D eigenvalue weighted by atomic mass is 9.99. The number of ether oxygens (including phenoxy) is 1. The smallest absolute Gasteiger partial charge is 0.326 e. The molecule has 6 nitrogen and oxygen atoms in total. The highest BCUT2D eigenvalue weighted by Gasteiger charge is 2.27. The van der Waals surface area contributed by atoms with Crippen LogP contribution in [0.5, 0.6) is 11.7 Å². The third kappa shape index (κ3) is 4.35. The van der Waals surface area contributed by atoms with E-state index in [-0.39, 0.29) is 17.6 Å². The predicted molar refractivity (Wildman–Crippen MR) is 83.6 cm³/mol. The van der Waals surface area contributed by atoms with Crippen molar-refractivity contribution in [2.45, 2.75) is 26.3 Å². The summed E-state index contributed by atoms with van der Waals surface area (Å²) in [5.41, 5.74) is 0. The van der Waals surface area contributed by atoms with E-state index in [1.807, 2.05) is 25.1 Å². The molecule has 0 unspecified atom stereocenters. The topological polar surface area (TPSA) is 88.8 Å². The van der Waals surface area contributed by atoms with E-state index >= 15 is 0 Å². The van der Waals surface area contributed by atoms with Crippen LogP contribution in [0.1, 0.15) is 30.8 Å². The lowest BCUT2D eigenvalue weighted by Gasteiger charge is -2.19. The number of benzene rings is 1. The molecule has 0 saturated carbocycles. The largest absolute Gasteiger partial charge is 0.480 e. The molecule has 0 radical (unpaired) electrons. The molecular formula is C17H19NO5. The van der Waals surface area contributed by atoms with E-state index < -0.39 is 17.9 Å². The number of aliphatic carboxylic acids is 1. The molecule has 0 aliphatic heterocycles. The van der Waals surface area contributed by atoms with Gasteiger partial charge in [0.05, 0.1) is 0 Å². The molecule has 0 fully saturated rings. The Balaban J connectivity index is 2.04. The van der Waals surface area contributed by atoms with Crippen LogP contribution in [0, 0.1) is 5.92 Å². The molecule has 0 aliphatic carbocycles. The van der Waals surface area contributed by atoms with Crippen LogP contribution in [0.25, 0.3) is 0 Å².